The minimum absolute atomic E-state index is 0.204. The topological polar surface area (TPSA) is 29.1 Å². The predicted molar refractivity (Wildman–Crippen MR) is 65.8 cm³/mol. The summed E-state index contributed by atoms with van der Waals surface area (Å²) in [5.74, 6) is 0.204. The Morgan fingerprint density at radius 1 is 1.38 bits per heavy atom. The van der Waals surface area contributed by atoms with Crippen molar-refractivity contribution in [1.82, 2.24) is 5.32 Å². The quantitative estimate of drug-likeness (QED) is 0.786. The SMILES string of the molecule is Cc1cccc(C(=O)CNC2CCCC2)c1. The Bertz CT molecular complexity index is 367. The van der Waals surface area contributed by atoms with Crippen molar-refractivity contribution in [3.05, 3.63) is 35.4 Å². The number of hydrogen-bond acceptors (Lipinski definition) is 2. The molecule has 16 heavy (non-hydrogen) atoms. The Morgan fingerprint density at radius 3 is 2.81 bits per heavy atom. The van der Waals surface area contributed by atoms with E-state index in [1.165, 1.54) is 25.7 Å². The Morgan fingerprint density at radius 2 is 2.12 bits per heavy atom. The van der Waals surface area contributed by atoms with Gasteiger partial charge in [0.15, 0.2) is 5.78 Å². The number of hydrogen-bond donors (Lipinski definition) is 1. The van der Waals surface area contributed by atoms with Gasteiger partial charge in [-0.2, -0.15) is 0 Å². The molecule has 1 aliphatic carbocycles. The van der Waals surface area contributed by atoms with Crippen LogP contribution >= 0.6 is 0 Å². The van der Waals surface area contributed by atoms with Crippen LogP contribution in [0.2, 0.25) is 0 Å². The highest BCUT2D eigenvalue weighted by atomic mass is 16.1. The third kappa shape index (κ3) is 2.92. The minimum Gasteiger partial charge on any atom is -0.307 e. The van der Waals surface area contributed by atoms with Crippen LogP contribution in [0.1, 0.15) is 41.6 Å². The number of carbonyl (C=O) groups excluding carboxylic acids is 1. The van der Waals surface area contributed by atoms with E-state index in [4.69, 9.17) is 0 Å². The van der Waals surface area contributed by atoms with Crippen LogP contribution in [-0.2, 0) is 0 Å². The van der Waals surface area contributed by atoms with Crippen molar-refractivity contribution >= 4 is 5.78 Å². The van der Waals surface area contributed by atoms with E-state index in [1.54, 1.807) is 0 Å². The normalized spacial score (nSPS) is 16.6. The van der Waals surface area contributed by atoms with Gasteiger partial charge in [0.1, 0.15) is 0 Å². The maximum Gasteiger partial charge on any atom is 0.176 e. The molecular formula is C14H19NO. The van der Waals surface area contributed by atoms with Gasteiger partial charge in [0, 0.05) is 11.6 Å². The number of nitrogens with one attached hydrogen (secondary N) is 1. The smallest absolute Gasteiger partial charge is 0.176 e. The monoisotopic (exact) mass is 217 g/mol. The molecule has 0 aliphatic heterocycles. The third-order valence-corrected chi connectivity index (χ3v) is 3.25. The molecule has 1 fully saturated rings. The second-order valence-corrected chi connectivity index (χ2v) is 4.65. The molecule has 0 spiro atoms. The molecule has 0 amide bonds. The number of rotatable bonds is 4. The van der Waals surface area contributed by atoms with Crippen LogP contribution in [0.3, 0.4) is 0 Å². The molecule has 0 bridgehead atoms. The Hall–Kier alpha value is -1.15. The highest BCUT2D eigenvalue weighted by Gasteiger charge is 2.15. The molecule has 1 aliphatic rings. The summed E-state index contributed by atoms with van der Waals surface area (Å²) < 4.78 is 0. The van der Waals surface area contributed by atoms with Gasteiger partial charge >= 0.3 is 0 Å². The van der Waals surface area contributed by atoms with Crippen LogP contribution in [0.5, 0.6) is 0 Å². The summed E-state index contributed by atoms with van der Waals surface area (Å²) >= 11 is 0. The van der Waals surface area contributed by atoms with Crippen molar-refractivity contribution in [3.63, 3.8) is 0 Å². The maximum absolute atomic E-state index is 11.9. The lowest BCUT2D eigenvalue weighted by Gasteiger charge is -2.10. The summed E-state index contributed by atoms with van der Waals surface area (Å²) in [6, 6.07) is 8.37. The van der Waals surface area contributed by atoms with Gasteiger partial charge in [0.2, 0.25) is 0 Å². The molecule has 2 heteroatoms. The Labute approximate surface area is 97.1 Å². The first kappa shape index (κ1) is 11.3. The zero-order chi connectivity index (χ0) is 11.4. The van der Waals surface area contributed by atoms with Gasteiger partial charge in [0.25, 0.3) is 0 Å². The first-order valence-electron chi connectivity index (χ1n) is 6.09. The van der Waals surface area contributed by atoms with Crippen molar-refractivity contribution in [2.75, 3.05) is 6.54 Å². The average Bonchev–Trinajstić information content (AvgIpc) is 2.78. The van der Waals surface area contributed by atoms with E-state index in [0.29, 0.717) is 12.6 Å². The molecule has 2 nitrogen and oxygen atoms in total. The predicted octanol–water partition coefficient (Wildman–Crippen LogP) is 2.71. The fourth-order valence-electron chi connectivity index (χ4n) is 2.29. The fourth-order valence-corrected chi connectivity index (χ4v) is 2.29. The number of ketones is 1. The lowest BCUT2D eigenvalue weighted by molar-refractivity contribution is 0.0987. The Kier molecular flexibility index (Phi) is 3.73. The molecule has 0 saturated heterocycles. The summed E-state index contributed by atoms with van der Waals surface area (Å²) in [7, 11) is 0. The fraction of sp³-hybridized carbons (Fsp3) is 0.500. The molecule has 0 heterocycles. The van der Waals surface area contributed by atoms with Crippen LogP contribution in [0.15, 0.2) is 24.3 Å². The van der Waals surface area contributed by atoms with Crippen molar-refractivity contribution in [1.29, 1.82) is 0 Å². The van der Waals surface area contributed by atoms with Gasteiger partial charge in [-0.05, 0) is 25.8 Å². The molecular weight excluding hydrogens is 198 g/mol. The summed E-state index contributed by atoms with van der Waals surface area (Å²) in [6.07, 6.45) is 5.05. The van der Waals surface area contributed by atoms with E-state index in [2.05, 4.69) is 5.32 Å². The summed E-state index contributed by atoms with van der Waals surface area (Å²) in [4.78, 5) is 11.9. The maximum atomic E-state index is 11.9. The number of carbonyl (C=O) groups is 1. The van der Waals surface area contributed by atoms with Crippen molar-refractivity contribution in [2.45, 2.75) is 38.6 Å². The van der Waals surface area contributed by atoms with Crippen LogP contribution in [0.25, 0.3) is 0 Å². The average molecular weight is 217 g/mol. The summed E-state index contributed by atoms with van der Waals surface area (Å²) in [5.41, 5.74) is 1.97. The first-order valence-corrected chi connectivity index (χ1v) is 6.09. The molecule has 1 saturated carbocycles. The summed E-state index contributed by atoms with van der Waals surface area (Å²) in [6.45, 7) is 2.50. The van der Waals surface area contributed by atoms with Gasteiger partial charge in [-0.1, -0.05) is 36.6 Å². The molecule has 0 atom stereocenters. The molecule has 0 unspecified atom stereocenters. The second-order valence-electron chi connectivity index (χ2n) is 4.65. The zero-order valence-electron chi connectivity index (χ0n) is 9.83. The van der Waals surface area contributed by atoms with Gasteiger partial charge in [-0.3, -0.25) is 4.79 Å². The number of Topliss-reactive ketones (excluding diaryl/α,β-unsaturated/α-hetero) is 1. The Balaban J connectivity index is 1.87. The molecule has 1 aromatic rings. The van der Waals surface area contributed by atoms with Crippen LogP contribution in [0.4, 0.5) is 0 Å². The lowest BCUT2D eigenvalue weighted by atomic mass is 10.1. The highest BCUT2D eigenvalue weighted by Crippen LogP contribution is 2.17. The first-order chi connectivity index (χ1) is 7.75. The van der Waals surface area contributed by atoms with E-state index < -0.39 is 0 Å². The molecule has 86 valence electrons. The zero-order valence-corrected chi connectivity index (χ0v) is 9.83. The number of benzene rings is 1. The number of aryl methyl sites for hydroxylation is 1. The highest BCUT2D eigenvalue weighted by molar-refractivity contribution is 5.97. The lowest BCUT2D eigenvalue weighted by Crippen LogP contribution is -2.31. The van der Waals surface area contributed by atoms with E-state index in [1.807, 2.05) is 31.2 Å². The molecule has 0 radical (unpaired) electrons. The largest absolute Gasteiger partial charge is 0.307 e. The van der Waals surface area contributed by atoms with E-state index in [0.717, 1.165) is 11.1 Å². The standard InChI is InChI=1S/C14H19NO/c1-11-5-4-6-12(9-11)14(16)10-15-13-7-2-3-8-13/h4-6,9,13,15H,2-3,7-8,10H2,1H3. The van der Waals surface area contributed by atoms with Crippen molar-refractivity contribution < 1.29 is 4.79 Å². The molecule has 0 aromatic heterocycles. The van der Waals surface area contributed by atoms with E-state index in [9.17, 15) is 4.79 Å². The van der Waals surface area contributed by atoms with Crippen LogP contribution in [0, 0.1) is 6.92 Å². The van der Waals surface area contributed by atoms with Crippen molar-refractivity contribution in [2.24, 2.45) is 0 Å². The van der Waals surface area contributed by atoms with Gasteiger partial charge in [-0.25, -0.2) is 0 Å². The van der Waals surface area contributed by atoms with Gasteiger partial charge in [0.05, 0.1) is 6.54 Å². The second kappa shape index (κ2) is 5.26. The molecule has 1 aromatic carbocycles. The summed E-state index contributed by atoms with van der Waals surface area (Å²) in [5, 5.41) is 3.35. The van der Waals surface area contributed by atoms with E-state index >= 15 is 0 Å². The molecule has 1 N–H and O–H groups in total. The van der Waals surface area contributed by atoms with Crippen LogP contribution in [-0.4, -0.2) is 18.4 Å². The van der Waals surface area contributed by atoms with Crippen molar-refractivity contribution in [3.8, 4) is 0 Å². The molecule has 2 rings (SSSR count). The van der Waals surface area contributed by atoms with E-state index in [-0.39, 0.29) is 5.78 Å². The van der Waals surface area contributed by atoms with Gasteiger partial charge < -0.3 is 5.32 Å². The third-order valence-electron chi connectivity index (χ3n) is 3.25. The van der Waals surface area contributed by atoms with Gasteiger partial charge in [-0.15, -0.1) is 0 Å². The van der Waals surface area contributed by atoms with Crippen LogP contribution < -0.4 is 5.32 Å². The minimum atomic E-state index is 0.204.